The molecule has 0 fully saturated rings. The molecule has 0 saturated carbocycles. The zero-order valence-corrected chi connectivity index (χ0v) is 24.3. The van der Waals surface area contributed by atoms with Crippen LogP contribution in [0.4, 0.5) is 11.6 Å². The number of methoxy groups -OCH3 is 2. The second-order valence-corrected chi connectivity index (χ2v) is 10.1. The molecule has 6 nitrogen and oxygen atoms in total. The molecule has 36 heavy (non-hydrogen) atoms. The van der Waals surface area contributed by atoms with Crippen molar-refractivity contribution < 1.29 is 9.47 Å². The van der Waals surface area contributed by atoms with Crippen molar-refractivity contribution in [2.24, 2.45) is 0 Å². The van der Waals surface area contributed by atoms with Crippen molar-refractivity contribution in [3.8, 4) is 11.5 Å². The summed E-state index contributed by atoms with van der Waals surface area (Å²) in [5, 5.41) is 1.22. The number of hydrogen-bond acceptors (Lipinski definition) is 6. The van der Waals surface area contributed by atoms with E-state index in [1.54, 1.807) is 32.7 Å². The van der Waals surface area contributed by atoms with E-state index in [4.69, 9.17) is 38.4 Å². The molecule has 0 amide bonds. The highest BCUT2D eigenvalue weighted by molar-refractivity contribution is 9.10. The monoisotopic (exact) mass is 652 g/mol. The maximum atomic E-state index is 6.30. The Morgan fingerprint density at radius 3 is 1.58 bits per heavy atom. The molecule has 0 atom stereocenters. The van der Waals surface area contributed by atoms with Gasteiger partial charge >= 0.3 is 0 Å². The molecule has 0 aliphatic carbocycles. The SMILES string of the molecule is COc1ccc(CN(Cc2ccc(OC)cc2)c2cc(Cl)c(Br)cn2)cc1.Nc1cc(Cl)c(Br)cn1. The van der Waals surface area contributed by atoms with Crippen LogP contribution in [0, 0.1) is 0 Å². The summed E-state index contributed by atoms with van der Waals surface area (Å²) >= 11 is 18.5. The number of nitrogens with zero attached hydrogens (tertiary/aromatic N) is 3. The highest BCUT2D eigenvalue weighted by atomic mass is 79.9. The van der Waals surface area contributed by atoms with Gasteiger partial charge in [-0.15, -0.1) is 0 Å². The van der Waals surface area contributed by atoms with E-state index in [0.717, 1.165) is 37.4 Å². The molecule has 2 aromatic heterocycles. The molecule has 10 heteroatoms. The molecule has 0 aliphatic heterocycles. The normalized spacial score (nSPS) is 10.3. The van der Waals surface area contributed by atoms with E-state index in [9.17, 15) is 0 Å². The molecule has 0 spiro atoms. The summed E-state index contributed by atoms with van der Waals surface area (Å²) in [6.07, 6.45) is 3.30. The smallest absolute Gasteiger partial charge is 0.130 e. The lowest BCUT2D eigenvalue weighted by Gasteiger charge is -2.24. The van der Waals surface area contributed by atoms with E-state index < -0.39 is 0 Å². The zero-order chi connectivity index (χ0) is 26.1. The van der Waals surface area contributed by atoms with Crippen LogP contribution in [0.5, 0.6) is 11.5 Å². The van der Waals surface area contributed by atoms with Crippen LogP contribution in [0.2, 0.25) is 10.0 Å². The Morgan fingerprint density at radius 1 is 0.750 bits per heavy atom. The summed E-state index contributed by atoms with van der Waals surface area (Å²) in [5.74, 6) is 2.92. The van der Waals surface area contributed by atoms with Gasteiger partial charge in [-0.05, 0) is 67.3 Å². The Balaban J connectivity index is 0.000000338. The number of benzene rings is 2. The highest BCUT2D eigenvalue weighted by Crippen LogP contribution is 2.28. The van der Waals surface area contributed by atoms with E-state index in [-0.39, 0.29) is 0 Å². The van der Waals surface area contributed by atoms with Crippen LogP contribution in [0.25, 0.3) is 0 Å². The Labute approximate surface area is 237 Å². The summed E-state index contributed by atoms with van der Waals surface area (Å²) in [5.41, 5.74) is 7.63. The van der Waals surface area contributed by atoms with Gasteiger partial charge in [-0.2, -0.15) is 0 Å². The molecule has 0 saturated heterocycles. The molecule has 0 radical (unpaired) electrons. The molecule has 0 unspecified atom stereocenters. The molecule has 2 heterocycles. The maximum absolute atomic E-state index is 6.30. The van der Waals surface area contributed by atoms with E-state index in [0.29, 0.717) is 29.0 Å². The van der Waals surface area contributed by atoms with Crippen LogP contribution in [0.3, 0.4) is 0 Å². The molecule has 2 aromatic carbocycles. The molecular weight excluding hydrogens is 631 g/mol. The summed E-state index contributed by atoms with van der Waals surface area (Å²) in [6.45, 7) is 1.39. The van der Waals surface area contributed by atoms with Crippen LogP contribution >= 0.6 is 55.1 Å². The number of ether oxygens (including phenoxy) is 2. The van der Waals surface area contributed by atoms with Gasteiger partial charge in [-0.25, -0.2) is 9.97 Å². The minimum atomic E-state index is 0.434. The van der Waals surface area contributed by atoms with Gasteiger partial charge in [0.2, 0.25) is 0 Å². The molecular formula is C26H24Br2Cl2N4O2. The Bertz CT molecular complexity index is 1230. The molecule has 4 rings (SSSR count). The number of rotatable bonds is 7. The molecule has 188 valence electrons. The third-order valence-electron chi connectivity index (χ3n) is 5.01. The standard InChI is InChI=1S/C21H20BrClN2O2.C5H4BrClN2/c1-26-17-7-3-15(4-8-17)13-25(21-11-20(23)19(22)12-24-21)14-16-5-9-18(27-2)10-6-16;6-3-2-9-5(8)1-4(3)7/h3-12H,13-14H2,1-2H3;1-2H,(H2,8,9). The Morgan fingerprint density at radius 2 is 1.19 bits per heavy atom. The first-order chi connectivity index (χ1) is 17.3. The third kappa shape index (κ3) is 8.27. The molecule has 4 aromatic rings. The lowest BCUT2D eigenvalue weighted by molar-refractivity contribution is 0.414. The number of hydrogen-bond donors (Lipinski definition) is 1. The quantitative estimate of drug-likeness (QED) is 0.219. The van der Waals surface area contributed by atoms with Crippen molar-refractivity contribution in [2.45, 2.75) is 13.1 Å². The first-order valence-corrected chi connectivity index (χ1v) is 13.0. The van der Waals surface area contributed by atoms with E-state index in [1.807, 2.05) is 30.3 Å². The third-order valence-corrected chi connectivity index (χ3v) is 7.36. The number of aromatic nitrogens is 2. The topological polar surface area (TPSA) is 73.5 Å². The highest BCUT2D eigenvalue weighted by Gasteiger charge is 2.12. The maximum Gasteiger partial charge on any atom is 0.130 e. The average Bonchev–Trinajstić information content (AvgIpc) is 2.89. The van der Waals surface area contributed by atoms with Gasteiger partial charge in [0, 0.05) is 37.6 Å². The fourth-order valence-electron chi connectivity index (χ4n) is 3.13. The minimum Gasteiger partial charge on any atom is -0.497 e. The molecule has 2 N–H and O–H groups in total. The lowest BCUT2D eigenvalue weighted by Crippen LogP contribution is -2.23. The average molecular weight is 655 g/mol. The number of nitrogens with two attached hydrogens (primary N) is 1. The van der Waals surface area contributed by atoms with E-state index in [1.165, 1.54) is 0 Å². The van der Waals surface area contributed by atoms with Crippen molar-refractivity contribution in [1.82, 2.24) is 9.97 Å². The first kappa shape index (κ1) is 28.1. The van der Waals surface area contributed by atoms with E-state index >= 15 is 0 Å². The summed E-state index contributed by atoms with van der Waals surface area (Å²) in [6, 6.07) is 19.5. The van der Waals surface area contributed by atoms with Crippen molar-refractivity contribution in [1.29, 1.82) is 0 Å². The van der Waals surface area contributed by atoms with Crippen molar-refractivity contribution in [2.75, 3.05) is 24.9 Å². The largest absolute Gasteiger partial charge is 0.497 e. The van der Waals surface area contributed by atoms with Crippen molar-refractivity contribution in [3.05, 3.63) is 103 Å². The van der Waals surface area contributed by atoms with Crippen molar-refractivity contribution >= 4 is 66.7 Å². The minimum absolute atomic E-state index is 0.434. The van der Waals surface area contributed by atoms with Gasteiger partial charge in [0.05, 0.1) is 33.2 Å². The Kier molecular flexibility index (Phi) is 10.7. The number of halogens is 4. The number of pyridine rings is 2. The van der Waals surface area contributed by atoms with Gasteiger partial charge in [-0.3, -0.25) is 0 Å². The van der Waals surface area contributed by atoms with Gasteiger partial charge < -0.3 is 20.1 Å². The van der Waals surface area contributed by atoms with Crippen LogP contribution in [0.1, 0.15) is 11.1 Å². The lowest BCUT2D eigenvalue weighted by atomic mass is 10.1. The Hall–Kier alpha value is -2.52. The fraction of sp³-hybridized carbons (Fsp3) is 0.154. The molecule has 0 bridgehead atoms. The van der Waals surface area contributed by atoms with Crippen LogP contribution < -0.4 is 20.1 Å². The van der Waals surface area contributed by atoms with Crippen LogP contribution in [0.15, 0.2) is 82.0 Å². The first-order valence-electron chi connectivity index (χ1n) is 10.7. The van der Waals surface area contributed by atoms with Gasteiger partial charge in [0.15, 0.2) is 0 Å². The van der Waals surface area contributed by atoms with Crippen molar-refractivity contribution in [3.63, 3.8) is 0 Å². The summed E-state index contributed by atoms with van der Waals surface area (Å²) < 4.78 is 12.0. The predicted octanol–water partition coefficient (Wildman–Crippen LogP) is 7.80. The molecule has 0 aliphatic rings. The predicted molar refractivity (Wildman–Crippen MR) is 154 cm³/mol. The fourth-order valence-corrected chi connectivity index (χ4v) is 3.87. The summed E-state index contributed by atoms with van der Waals surface area (Å²) in [4.78, 5) is 10.5. The summed E-state index contributed by atoms with van der Waals surface area (Å²) in [7, 11) is 3.33. The van der Waals surface area contributed by atoms with Gasteiger partial charge in [0.1, 0.15) is 23.1 Å². The number of anilines is 2. The van der Waals surface area contributed by atoms with Gasteiger partial charge in [-0.1, -0.05) is 47.5 Å². The van der Waals surface area contributed by atoms with Crippen LogP contribution in [-0.4, -0.2) is 24.2 Å². The van der Waals surface area contributed by atoms with E-state index in [2.05, 4.69) is 71.0 Å². The van der Waals surface area contributed by atoms with Crippen LogP contribution in [-0.2, 0) is 13.1 Å². The zero-order valence-electron chi connectivity index (χ0n) is 19.6. The number of nitrogen functional groups attached to an aromatic ring is 1. The second-order valence-electron chi connectivity index (χ2n) is 7.53. The second kappa shape index (κ2) is 13.7. The van der Waals surface area contributed by atoms with Gasteiger partial charge in [0.25, 0.3) is 0 Å².